The van der Waals surface area contributed by atoms with Crippen molar-refractivity contribution in [3.63, 3.8) is 0 Å². The van der Waals surface area contributed by atoms with Crippen LogP contribution in [0.3, 0.4) is 0 Å². The molecule has 0 aromatic heterocycles. The molecule has 3 nitrogen and oxygen atoms in total. The predicted molar refractivity (Wildman–Crippen MR) is 64.3 cm³/mol. The Kier molecular flexibility index (Phi) is 5.03. The smallest absolute Gasteiger partial charge is 0.158 e. The number of carbonyl (C=O) groups is 1. The second-order valence-electron chi connectivity index (χ2n) is 4.72. The van der Waals surface area contributed by atoms with Crippen LogP contribution in [0, 0.1) is 17.8 Å². The molecule has 0 aromatic rings. The molecule has 1 aliphatic heterocycles. The van der Waals surface area contributed by atoms with Crippen LogP contribution in [0.5, 0.6) is 0 Å². The van der Waals surface area contributed by atoms with Gasteiger partial charge in [0.15, 0.2) is 6.29 Å². The van der Waals surface area contributed by atoms with Crippen molar-refractivity contribution < 1.29 is 14.3 Å². The Hall–Kier alpha value is -0.850. The largest absolute Gasteiger partial charge is 0.353 e. The fourth-order valence-electron chi connectivity index (χ4n) is 2.33. The Morgan fingerprint density at radius 2 is 2.18 bits per heavy atom. The van der Waals surface area contributed by atoms with E-state index in [0.29, 0.717) is 18.8 Å². The van der Waals surface area contributed by atoms with Crippen molar-refractivity contribution in [2.24, 2.45) is 5.92 Å². The summed E-state index contributed by atoms with van der Waals surface area (Å²) in [5.74, 6) is 6.60. The molecule has 2 unspecified atom stereocenters. The van der Waals surface area contributed by atoms with Gasteiger partial charge in [0.25, 0.3) is 0 Å². The number of ketones is 1. The lowest BCUT2D eigenvalue weighted by atomic mass is 10.0. The zero-order valence-electron chi connectivity index (χ0n) is 10.2. The van der Waals surface area contributed by atoms with Crippen molar-refractivity contribution in [2.75, 3.05) is 13.2 Å². The number of rotatable bonds is 3. The maximum absolute atomic E-state index is 11.4. The van der Waals surface area contributed by atoms with Crippen LogP contribution in [0.15, 0.2) is 0 Å². The highest BCUT2D eigenvalue weighted by Gasteiger charge is 2.22. The minimum Gasteiger partial charge on any atom is -0.353 e. The van der Waals surface area contributed by atoms with Crippen LogP contribution < -0.4 is 0 Å². The molecule has 3 heteroatoms. The van der Waals surface area contributed by atoms with Gasteiger partial charge in [0.1, 0.15) is 12.4 Å². The lowest BCUT2D eigenvalue weighted by Gasteiger charge is -2.21. The maximum atomic E-state index is 11.4. The van der Waals surface area contributed by atoms with Crippen molar-refractivity contribution in [3.8, 4) is 11.8 Å². The molecule has 2 rings (SSSR count). The fourth-order valence-corrected chi connectivity index (χ4v) is 2.33. The van der Waals surface area contributed by atoms with E-state index in [-0.39, 0.29) is 12.2 Å². The monoisotopic (exact) mass is 236 g/mol. The molecular weight excluding hydrogens is 216 g/mol. The molecule has 94 valence electrons. The van der Waals surface area contributed by atoms with E-state index in [1.165, 1.54) is 6.42 Å². The van der Waals surface area contributed by atoms with Crippen LogP contribution in [0.2, 0.25) is 0 Å². The molecule has 2 fully saturated rings. The molecule has 1 saturated heterocycles. The molecule has 17 heavy (non-hydrogen) atoms. The number of ether oxygens (including phenoxy) is 2. The van der Waals surface area contributed by atoms with Gasteiger partial charge in [-0.1, -0.05) is 5.92 Å². The Labute approximate surface area is 103 Å². The van der Waals surface area contributed by atoms with Gasteiger partial charge >= 0.3 is 0 Å². The first-order chi connectivity index (χ1) is 8.36. The average molecular weight is 236 g/mol. The van der Waals surface area contributed by atoms with Gasteiger partial charge in [0, 0.05) is 25.4 Å². The van der Waals surface area contributed by atoms with Crippen LogP contribution in [0.4, 0.5) is 0 Å². The highest BCUT2D eigenvalue weighted by Crippen LogP contribution is 2.23. The van der Waals surface area contributed by atoms with E-state index in [1.807, 2.05) is 0 Å². The van der Waals surface area contributed by atoms with Crippen LogP contribution >= 0.6 is 0 Å². The highest BCUT2D eigenvalue weighted by molar-refractivity contribution is 5.83. The summed E-state index contributed by atoms with van der Waals surface area (Å²) in [4.78, 5) is 11.4. The molecule has 1 heterocycles. The minimum atomic E-state index is -0.0637. The first-order valence-electron chi connectivity index (χ1n) is 6.58. The topological polar surface area (TPSA) is 35.5 Å². The number of hydrogen-bond acceptors (Lipinski definition) is 3. The Morgan fingerprint density at radius 3 is 2.88 bits per heavy atom. The van der Waals surface area contributed by atoms with Gasteiger partial charge in [0.2, 0.25) is 0 Å². The van der Waals surface area contributed by atoms with Gasteiger partial charge in [-0.15, -0.1) is 5.92 Å². The van der Waals surface area contributed by atoms with E-state index in [4.69, 9.17) is 9.47 Å². The number of hydrogen-bond donors (Lipinski definition) is 0. The highest BCUT2D eigenvalue weighted by atomic mass is 16.7. The molecule has 0 radical (unpaired) electrons. The summed E-state index contributed by atoms with van der Waals surface area (Å²) < 4.78 is 10.9. The van der Waals surface area contributed by atoms with Crippen molar-refractivity contribution in [2.45, 2.75) is 51.2 Å². The molecule has 0 bridgehead atoms. The summed E-state index contributed by atoms with van der Waals surface area (Å²) in [6.45, 7) is 1.22. The quantitative estimate of drug-likeness (QED) is 0.705. The summed E-state index contributed by atoms with van der Waals surface area (Å²) in [5, 5.41) is 0. The van der Waals surface area contributed by atoms with Gasteiger partial charge < -0.3 is 9.47 Å². The van der Waals surface area contributed by atoms with E-state index < -0.39 is 0 Å². The van der Waals surface area contributed by atoms with Crippen molar-refractivity contribution in [1.29, 1.82) is 0 Å². The third-order valence-corrected chi connectivity index (χ3v) is 3.38. The fraction of sp³-hybridized carbons (Fsp3) is 0.786. The normalized spacial score (nSPS) is 28.8. The summed E-state index contributed by atoms with van der Waals surface area (Å²) in [6.07, 6.45) is 6.72. The van der Waals surface area contributed by atoms with Crippen molar-refractivity contribution in [1.82, 2.24) is 0 Å². The van der Waals surface area contributed by atoms with Crippen molar-refractivity contribution in [3.05, 3.63) is 0 Å². The van der Waals surface area contributed by atoms with Crippen LogP contribution in [0.1, 0.15) is 44.9 Å². The zero-order chi connectivity index (χ0) is 11.9. The molecule has 1 aliphatic carbocycles. The molecule has 2 aliphatic rings. The standard InChI is InChI=1S/C14H20O3/c15-13-8-5-7-12(13)6-1-3-10-16-14-9-2-4-11-17-14/h12,14H,2,4-11H2. The summed E-state index contributed by atoms with van der Waals surface area (Å²) in [5.41, 5.74) is 0. The van der Waals surface area contributed by atoms with Gasteiger partial charge in [-0.25, -0.2) is 0 Å². The van der Waals surface area contributed by atoms with Gasteiger partial charge in [-0.2, -0.15) is 0 Å². The summed E-state index contributed by atoms with van der Waals surface area (Å²) in [7, 11) is 0. The van der Waals surface area contributed by atoms with E-state index in [0.717, 1.165) is 38.7 Å². The molecule has 0 spiro atoms. The molecule has 0 N–H and O–H groups in total. The average Bonchev–Trinajstić information content (AvgIpc) is 2.76. The van der Waals surface area contributed by atoms with E-state index in [1.54, 1.807) is 0 Å². The summed E-state index contributed by atoms with van der Waals surface area (Å²) >= 11 is 0. The minimum absolute atomic E-state index is 0.0637. The Balaban J connectivity index is 1.59. The Morgan fingerprint density at radius 1 is 1.24 bits per heavy atom. The second-order valence-corrected chi connectivity index (χ2v) is 4.72. The lowest BCUT2D eigenvalue weighted by molar-refractivity contribution is -0.154. The third-order valence-electron chi connectivity index (χ3n) is 3.38. The van der Waals surface area contributed by atoms with Crippen molar-refractivity contribution >= 4 is 5.78 Å². The SMILES string of the molecule is O=C1CCCC1CC#CCOC1CCCCO1. The van der Waals surface area contributed by atoms with Crippen LogP contribution in [-0.4, -0.2) is 25.3 Å². The van der Waals surface area contributed by atoms with E-state index in [9.17, 15) is 4.79 Å². The Bertz CT molecular complexity index is 307. The van der Waals surface area contributed by atoms with E-state index in [2.05, 4.69) is 11.8 Å². The molecule has 1 saturated carbocycles. The van der Waals surface area contributed by atoms with E-state index >= 15 is 0 Å². The first kappa shape index (κ1) is 12.6. The second kappa shape index (κ2) is 6.78. The zero-order valence-corrected chi connectivity index (χ0v) is 10.2. The number of carbonyl (C=O) groups excluding carboxylic acids is 1. The van der Waals surface area contributed by atoms with Crippen LogP contribution in [-0.2, 0) is 14.3 Å². The van der Waals surface area contributed by atoms with Gasteiger partial charge in [-0.05, 0) is 32.1 Å². The summed E-state index contributed by atoms with van der Waals surface area (Å²) in [6, 6.07) is 0. The number of Topliss-reactive ketones (excluding diaryl/α,β-unsaturated/α-hetero) is 1. The molecule has 0 amide bonds. The lowest BCUT2D eigenvalue weighted by Crippen LogP contribution is -2.22. The molecule has 0 aromatic carbocycles. The molecular formula is C14H20O3. The van der Waals surface area contributed by atoms with Gasteiger partial charge in [0.05, 0.1) is 0 Å². The third kappa shape index (κ3) is 4.14. The maximum Gasteiger partial charge on any atom is 0.158 e. The predicted octanol–water partition coefficient (Wildman–Crippen LogP) is 2.29. The van der Waals surface area contributed by atoms with Gasteiger partial charge in [-0.3, -0.25) is 4.79 Å². The van der Waals surface area contributed by atoms with Crippen LogP contribution in [0.25, 0.3) is 0 Å². The first-order valence-corrected chi connectivity index (χ1v) is 6.58. The molecule has 2 atom stereocenters.